The monoisotopic (exact) mass is 529 g/mol. The molecule has 0 unspecified atom stereocenters. The van der Waals surface area contributed by atoms with Crippen LogP contribution in [0.2, 0.25) is 0 Å². The fourth-order valence-corrected chi connectivity index (χ4v) is 4.06. The average molecular weight is 530 g/mol. The highest BCUT2D eigenvalue weighted by Crippen LogP contribution is 2.41. The molecule has 0 aromatic carbocycles. The first-order chi connectivity index (χ1) is 17.4. The van der Waals surface area contributed by atoms with Crippen LogP contribution in [0.1, 0.15) is 87.5 Å². The van der Waals surface area contributed by atoms with Crippen LogP contribution >= 0.6 is 0 Å². The smallest absolute Gasteiger partial charge is 0.410 e. The first kappa shape index (κ1) is 34.6. The number of nitrogens with one attached hydrogen (secondary N) is 2. The number of fused-ring (bicyclic) bond motifs is 1. The van der Waals surface area contributed by atoms with Gasteiger partial charge in [-0.15, -0.1) is 0 Å². The third-order valence-electron chi connectivity index (χ3n) is 5.61. The van der Waals surface area contributed by atoms with Crippen molar-refractivity contribution in [3.8, 4) is 0 Å². The molecule has 10 nitrogen and oxygen atoms in total. The lowest BCUT2D eigenvalue weighted by Gasteiger charge is -2.39. The summed E-state index contributed by atoms with van der Waals surface area (Å²) in [6, 6.07) is 0.486. The van der Waals surface area contributed by atoms with Gasteiger partial charge in [-0.25, -0.2) is 4.79 Å². The molecule has 0 aromatic rings. The maximum Gasteiger partial charge on any atom is 0.410 e. The summed E-state index contributed by atoms with van der Waals surface area (Å²) < 4.78 is 19.9. The summed E-state index contributed by atoms with van der Waals surface area (Å²) in [6.07, 6.45) is 7.08. The molecular weight excluding hydrogens is 478 g/mol. The van der Waals surface area contributed by atoms with Crippen molar-refractivity contribution in [1.29, 1.82) is 5.41 Å². The molecule has 2 heterocycles. The summed E-state index contributed by atoms with van der Waals surface area (Å²) in [7, 11) is 0. The lowest BCUT2D eigenvalue weighted by atomic mass is 9.82. The molecule has 0 aromatic heterocycles. The molecule has 2 amide bonds. The molecule has 10 heteroatoms. The van der Waals surface area contributed by atoms with Crippen molar-refractivity contribution in [3.05, 3.63) is 0 Å². The fourth-order valence-electron chi connectivity index (χ4n) is 4.06. The van der Waals surface area contributed by atoms with Gasteiger partial charge < -0.3 is 29.2 Å². The standard InChI is InChI=1S/C10H17NO2.C10H19NO2.C5H9NO3.C2H6/c1-10(2,3)13-9(12)11-6-7-4-8(11)5-7;1-10(2,3)13-9-4-8(5-9)6-11-7-12;6-4-8-2-1-3-9-5-7;1-2/h7-8H,4-6H2,1-3H3;7-9H,4-6H2,1-3H3,(H,11,12);4-6H,1-3H2;1-2H3. The van der Waals surface area contributed by atoms with E-state index in [-0.39, 0.29) is 17.3 Å². The Morgan fingerprint density at radius 3 is 2.00 bits per heavy atom. The first-order valence-electron chi connectivity index (χ1n) is 13.4. The minimum Gasteiger partial charge on any atom is -0.484 e. The zero-order chi connectivity index (χ0) is 28.5. The number of hydrogen-bond acceptors (Lipinski definition) is 8. The highest BCUT2D eigenvalue weighted by atomic mass is 16.6. The van der Waals surface area contributed by atoms with E-state index in [0.29, 0.717) is 44.2 Å². The number of nitrogens with zero attached hydrogens (tertiary/aromatic N) is 1. The second-order valence-corrected chi connectivity index (χ2v) is 11.1. The molecule has 0 spiro atoms. The largest absolute Gasteiger partial charge is 0.484 e. The Hall–Kier alpha value is -2.36. The number of amides is 2. The van der Waals surface area contributed by atoms with E-state index in [9.17, 15) is 14.4 Å². The van der Waals surface area contributed by atoms with Crippen LogP contribution in [0.25, 0.3) is 0 Å². The lowest BCUT2D eigenvalue weighted by molar-refractivity contribution is -0.128. The predicted octanol–water partition coefficient (Wildman–Crippen LogP) is 4.54. The maximum absolute atomic E-state index is 11.6. The third kappa shape index (κ3) is 16.2. The molecule has 2 aliphatic carbocycles. The van der Waals surface area contributed by atoms with Crippen molar-refractivity contribution in [2.24, 2.45) is 11.8 Å². The van der Waals surface area contributed by atoms with Gasteiger partial charge in [-0.1, -0.05) is 13.8 Å². The van der Waals surface area contributed by atoms with Crippen molar-refractivity contribution < 1.29 is 33.3 Å². The van der Waals surface area contributed by atoms with E-state index in [1.54, 1.807) is 0 Å². The summed E-state index contributed by atoms with van der Waals surface area (Å²) in [5.41, 5.74) is -0.391. The Balaban J connectivity index is 0.000000518. The normalized spacial score (nSPS) is 23.0. The number of rotatable bonds is 10. The zero-order valence-electron chi connectivity index (χ0n) is 24.2. The van der Waals surface area contributed by atoms with Gasteiger partial charge in [-0.05, 0) is 79.1 Å². The van der Waals surface area contributed by atoms with Crippen LogP contribution in [-0.2, 0) is 28.5 Å². The van der Waals surface area contributed by atoms with Gasteiger partial charge in [-0.2, -0.15) is 0 Å². The van der Waals surface area contributed by atoms with Crippen LogP contribution in [-0.4, -0.2) is 79.9 Å². The van der Waals surface area contributed by atoms with Gasteiger partial charge in [0, 0.05) is 25.6 Å². The molecule has 2 N–H and O–H groups in total. The van der Waals surface area contributed by atoms with E-state index in [0.717, 1.165) is 44.7 Å². The molecule has 4 fully saturated rings. The van der Waals surface area contributed by atoms with Crippen molar-refractivity contribution in [2.45, 2.75) is 111 Å². The maximum atomic E-state index is 11.6. The van der Waals surface area contributed by atoms with Gasteiger partial charge in [0.15, 0.2) is 6.40 Å². The van der Waals surface area contributed by atoms with Gasteiger partial charge in [0.05, 0.1) is 24.9 Å². The van der Waals surface area contributed by atoms with Crippen LogP contribution in [0.4, 0.5) is 4.79 Å². The van der Waals surface area contributed by atoms with E-state index in [1.165, 1.54) is 12.8 Å². The van der Waals surface area contributed by atoms with Gasteiger partial charge in [0.25, 0.3) is 6.47 Å². The van der Waals surface area contributed by atoms with E-state index in [1.807, 2.05) is 39.5 Å². The molecule has 2 saturated carbocycles. The number of ether oxygens (including phenoxy) is 4. The lowest BCUT2D eigenvalue weighted by Crippen LogP contribution is -2.41. The summed E-state index contributed by atoms with van der Waals surface area (Å²) >= 11 is 0. The molecule has 37 heavy (non-hydrogen) atoms. The molecular formula is C27H51N3O7. The SMILES string of the molecule is CC.CC(C)(C)OC(=O)N1CC2CC1C2.CC(C)(C)OC1CC(CNC=O)C1.N=COCCCOC=O. The molecule has 2 saturated heterocycles. The van der Waals surface area contributed by atoms with Crippen LogP contribution in [0.5, 0.6) is 0 Å². The van der Waals surface area contributed by atoms with E-state index >= 15 is 0 Å². The number of carbonyl (C=O) groups excluding carboxylic acids is 3. The Bertz CT molecular complexity index is 639. The Morgan fingerprint density at radius 1 is 0.973 bits per heavy atom. The van der Waals surface area contributed by atoms with E-state index in [2.05, 4.69) is 35.6 Å². The van der Waals surface area contributed by atoms with E-state index in [4.69, 9.17) is 14.9 Å². The van der Waals surface area contributed by atoms with Gasteiger partial charge in [-0.3, -0.25) is 15.0 Å². The molecule has 2 bridgehead atoms. The highest BCUT2D eigenvalue weighted by molar-refractivity contribution is 5.69. The molecule has 0 atom stereocenters. The van der Waals surface area contributed by atoms with Crippen molar-refractivity contribution in [3.63, 3.8) is 0 Å². The number of carbonyl (C=O) groups is 3. The van der Waals surface area contributed by atoms with Crippen molar-refractivity contribution in [2.75, 3.05) is 26.3 Å². The number of hydrogen-bond donors (Lipinski definition) is 2. The van der Waals surface area contributed by atoms with E-state index < -0.39 is 0 Å². The molecule has 4 aliphatic rings. The topological polar surface area (TPSA) is 127 Å². The van der Waals surface area contributed by atoms with Crippen LogP contribution in [0, 0.1) is 17.2 Å². The Morgan fingerprint density at radius 2 is 1.57 bits per heavy atom. The quantitative estimate of drug-likeness (QED) is 0.184. The summed E-state index contributed by atoms with van der Waals surface area (Å²) in [5.74, 6) is 1.38. The van der Waals surface area contributed by atoms with Crippen LogP contribution < -0.4 is 5.32 Å². The Kier molecular flexibility index (Phi) is 16.8. The molecule has 0 radical (unpaired) electrons. The Labute approximate surface area is 223 Å². The third-order valence-corrected chi connectivity index (χ3v) is 5.61. The highest BCUT2D eigenvalue weighted by Gasteiger charge is 2.46. The van der Waals surface area contributed by atoms with Gasteiger partial charge in [0.2, 0.25) is 6.41 Å². The van der Waals surface area contributed by atoms with Crippen LogP contribution in [0.3, 0.4) is 0 Å². The van der Waals surface area contributed by atoms with Crippen molar-refractivity contribution in [1.82, 2.24) is 10.2 Å². The minimum absolute atomic E-state index is 0.0340. The van der Waals surface area contributed by atoms with Crippen LogP contribution in [0.15, 0.2) is 0 Å². The van der Waals surface area contributed by atoms with Crippen molar-refractivity contribution >= 4 is 25.4 Å². The minimum atomic E-state index is -0.357. The summed E-state index contributed by atoms with van der Waals surface area (Å²) in [6.45, 7) is 18.8. The average Bonchev–Trinajstić information content (AvgIpc) is 3.38. The summed E-state index contributed by atoms with van der Waals surface area (Å²) in [5, 5.41) is 9.12. The summed E-state index contributed by atoms with van der Waals surface area (Å²) in [4.78, 5) is 33.0. The first-order valence-corrected chi connectivity index (χ1v) is 13.4. The zero-order valence-corrected chi connectivity index (χ0v) is 24.2. The second kappa shape index (κ2) is 18.0. The second-order valence-electron chi connectivity index (χ2n) is 11.1. The molecule has 4 rings (SSSR count). The molecule has 216 valence electrons. The molecule has 2 aliphatic heterocycles. The van der Waals surface area contributed by atoms with Gasteiger partial charge >= 0.3 is 6.09 Å². The fraction of sp³-hybridized carbons (Fsp3) is 0.852. The van der Waals surface area contributed by atoms with Gasteiger partial charge in [0.1, 0.15) is 5.60 Å². The predicted molar refractivity (Wildman–Crippen MR) is 144 cm³/mol.